The lowest BCUT2D eigenvalue weighted by Crippen LogP contribution is -2.32. The lowest BCUT2D eigenvalue weighted by atomic mass is 10.1. The molecule has 1 N–H and O–H groups in total. The van der Waals surface area contributed by atoms with Crippen LogP contribution in [0.15, 0.2) is 60.8 Å². The van der Waals surface area contributed by atoms with Gasteiger partial charge in [0.2, 0.25) is 0 Å². The first kappa shape index (κ1) is 15.0. The standard InChI is InChI=1S/C21H22N2O/c24-21(22-17-10-4-5-11-17)19-15-23(14-16-8-2-1-3-9-16)20-13-7-6-12-18(19)20/h1-3,6-9,12-13,15,17H,4-5,10-11,14H2,(H,22,24). The number of hydrogen-bond donors (Lipinski definition) is 1. The predicted molar refractivity (Wildman–Crippen MR) is 97.2 cm³/mol. The molecule has 1 aliphatic rings. The van der Waals surface area contributed by atoms with Crippen molar-refractivity contribution in [3.63, 3.8) is 0 Å². The zero-order valence-corrected chi connectivity index (χ0v) is 13.7. The van der Waals surface area contributed by atoms with Gasteiger partial charge in [0, 0.05) is 29.7 Å². The number of amides is 1. The zero-order chi connectivity index (χ0) is 16.4. The summed E-state index contributed by atoms with van der Waals surface area (Å²) in [5.41, 5.74) is 3.13. The molecule has 1 aromatic heterocycles. The number of para-hydroxylation sites is 1. The molecule has 1 amide bonds. The van der Waals surface area contributed by atoms with Gasteiger partial charge < -0.3 is 9.88 Å². The number of benzene rings is 2. The molecular weight excluding hydrogens is 296 g/mol. The number of nitrogens with one attached hydrogen (secondary N) is 1. The van der Waals surface area contributed by atoms with E-state index in [1.54, 1.807) is 0 Å². The Kier molecular flexibility index (Phi) is 4.08. The van der Waals surface area contributed by atoms with Crippen molar-refractivity contribution in [3.8, 4) is 0 Å². The molecule has 24 heavy (non-hydrogen) atoms. The van der Waals surface area contributed by atoms with Gasteiger partial charge in [0.25, 0.3) is 5.91 Å². The van der Waals surface area contributed by atoms with Crippen LogP contribution >= 0.6 is 0 Å². The van der Waals surface area contributed by atoms with Gasteiger partial charge in [-0.25, -0.2) is 0 Å². The smallest absolute Gasteiger partial charge is 0.253 e. The molecule has 3 nitrogen and oxygen atoms in total. The molecule has 0 atom stereocenters. The van der Waals surface area contributed by atoms with Crippen molar-refractivity contribution in [1.29, 1.82) is 0 Å². The van der Waals surface area contributed by atoms with Crippen LogP contribution in [0.25, 0.3) is 10.9 Å². The number of carbonyl (C=O) groups excluding carboxylic acids is 1. The minimum atomic E-state index is 0.0601. The average molecular weight is 318 g/mol. The molecule has 1 fully saturated rings. The summed E-state index contributed by atoms with van der Waals surface area (Å²) in [6.07, 6.45) is 6.66. The molecule has 3 heteroatoms. The number of aromatic nitrogens is 1. The van der Waals surface area contributed by atoms with E-state index in [4.69, 9.17) is 0 Å². The monoisotopic (exact) mass is 318 g/mol. The summed E-state index contributed by atoms with van der Waals surface area (Å²) < 4.78 is 2.17. The molecule has 0 unspecified atom stereocenters. The molecule has 0 radical (unpaired) electrons. The fourth-order valence-corrected chi connectivity index (χ4v) is 3.67. The van der Waals surface area contributed by atoms with E-state index in [0.717, 1.165) is 35.9 Å². The number of fused-ring (bicyclic) bond motifs is 1. The van der Waals surface area contributed by atoms with Crippen LogP contribution in [0.5, 0.6) is 0 Å². The minimum absolute atomic E-state index is 0.0601. The van der Waals surface area contributed by atoms with Crippen molar-refractivity contribution in [2.75, 3.05) is 0 Å². The molecule has 0 bridgehead atoms. The second kappa shape index (κ2) is 6.52. The van der Waals surface area contributed by atoms with E-state index in [9.17, 15) is 4.79 Å². The lowest BCUT2D eigenvalue weighted by molar-refractivity contribution is 0.0939. The number of nitrogens with zero attached hydrogens (tertiary/aromatic N) is 1. The maximum atomic E-state index is 12.8. The van der Waals surface area contributed by atoms with Crippen LogP contribution in [-0.4, -0.2) is 16.5 Å². The van der Waals surface area contributed by atoms with E-state index in [0.29, 0.717) is 6.04 Å². The first-order valence-electron chi connectivity index (χ1n) is 8.74. The molecular formula is C21H22N2O. The average Bonchev–Trinajstić information content (AvgIpc) is 3.24. The fourth-order valence-electron chi connectivity index (χ4n) is 3.67. The van der Waals surface area contributed by atoms with Crippen molar-refractivity contribution >= 4 is 16.8 Å². The summed E-state index contributed by atoms with van der Waals surface area (Å²) in [5, 5.41) is 4.24. The Balaban J connectivity index is 1.67. The number of hydrogen-bond acceptors (Lipinski definition) is 1. The highest BCUT2D eigenvalue weighted by Gasteiger charge is 2.20. The van der Waals surface area contributed by atoms with Crippen molar-refractivity contribution in [1.82, 2.24) is 9.88 Å². The predicted octanol–water partition coefficient (Wildman–Crippen LogP) is 4.36. The molecule has 0 aliphatic heterocycles. The number of rotatable bonds is 4. The van der Waals surface area contributed by atoms with E-state index in [1.165, 1.54) is 18.4 Å². The summed E-state index contributed by atoms with van der Waals surface area (Å²) in [5.74, 6) is 0.0601. The molecule has 122 valence electrons. The van der Waals surface area contributed by atoms with Gasteiger partial charge in [-0.3, -0.25) is 4.79 Å². The Morgan fingerprint density at radius 2 is 1.71 bits per heavy atom. The number of carbonyl (C=O) groups is 1. The third kappa shape index (κ3) is 2.94. The lowest BCUT2D eigenvalue weighted by Gasteiger charge is -2.11. The van der Waals surface area contributed by atoms with Gasteiger partial charge in [-0.2, -0.15) is 0 Å². The summed E-state index contributed by atoms with van der Waals surface area (Å²) in [7, 11) is 0. The Labute approximate surface area is 142 Å². The Bertz CT molecular complexity index is 845. The van der Waals surface area contributed by atoms with Crippen molar-refractivity contribution < 1.29 is 4.79 Å². The second-order valence-corrected chi connectivity index (χ2v) is 6.63. The molecule has 1 heterocycles. The third-order valence-electron chi connectivity index (χ3n) is 4.92. The molecule has 2 aromatic carbocycles. The molecule has 0 saturated heterocycles. The van der Waals surface area contributed by atoms with Crippen molar-refractivity contribution in [3.05, 3.63) is 71.9 Å². The third-order valence-corrected chi connectivity index (χ3v) is 4.92. The van der Waals surface area contributed by atoms with Gasteiger partial charge in [0.05, 0.1) is 5.56 Å². The summed E-state index contributed by atoms with van der Waals surface area (Å²) in [6.45, 7) is 0.776. The van der Waals surface area contributed by atoms with Crippen LogP contribution in [0, 0.1) is 0 Å². The van der Waals surface area contributed by atoms with E-state index >= 15 is 0 Å². The molecule has 3 aromatic rings. The first-order valence-corrected chi connectivity index (χ1v) is 8.74. The van der Waals surface area contributed by atoms with Crippen LogP contribution < -0.4 is 5.32 Å². The molecule has 0 spiro atoms. The van der Waals surface area contributed by atoms with Crippen LogP contribution in [0.2, 0.25) is 0 Å². The highest BCUT2D eigenvalue weighted by Crippen LogP contribution is 2.24. The van der Waals surface area contributed by atoms with Crippen LogP contribution in [0.1, 0.15) is 41.6 Å². The molecule has 1 aliphatic carbocycles. The van der Waals surface area contributed by atoms with E-state index in [-0.39, 0.29) is 5.91 Å². The maximum absolute atomic E-state index is 12.8. The quantitative estimate of drug-likeness (QED) is 0.762. The second-order valence-electron chi connectivity index (χ2n) is 6.63. The summed E-state index contributed by atoms with van der Waals surface area (Å²) in [6, 6.07) is 18.9. The van der Waals surface area contributed by atoms with Gasteiger partial charge in [0.1, 0.15) is 0 Å². The van der Waals surface area contributed by atoms with Crippen molar-refractivity contribution in [2.45, 2.75) is 38.3 Å². The largest absolute Gasteiger partial charge is 0.349 e. The van der Waals surface area contributed by atoms with Crippen LogP contribution in [-0.2, 0) is 6.54 Å². The van der Waals surface area contributed by atoms with Gasteiger partial charge >= 0.3 is 0 Å². The Hall–Kier alpha value is -2.55. The molecule has 4 rings (SSSR count). The Morgan fingerprint density at radius 1 is 1.00 bits per heavy atom. The summed E-state index contributed by atoms with van der Waals surface area (Å²) >= 11 is 0. The van der Waals surface area contributed by atoms with E-state index in [1.807, 2.05) is 30.5 Å². The van der Waals surface area contributed by atoms with Crippen molar-refractivity contribution in [2.24, 2.45) is 0 Å². The molecule has 1 saturated carbocycles. The van der Waals surface area contributed by atoms with Gasteiger partial charge in [-0.1, -0.05) is 61.4 Å². The normalized spacial score (nSPS) is 15.0. The highest BCUT2D eigenvalue weighted by atomic mass is 16.1. The fraction of sp³-hybridized carbons (Fsp3) is 0.286. The minimum Gasteiger partial charge on any atom is -0.349 e. The van der Waals surface area contributed by atoms with Gasteiger partial charge in [-0.15, -0.1) is 0 Å². The van der Waals surface area contributed by atoms with Gasteiger partial charge in [-0.05, 0) is 24.5 Å². The summed E-state index contributed by atoms with van der Waals surface area (Å²) in [4.78, 5) is 12.8. The van der Waals surface area contributed by atoms with Crippen LogP contribution in [0.4, 0.5) is 0 Å². The highest BCUT2D eigenvalue weighted by molar-refractivity contribution is 6.07. The van der Waals surface area contributed by atoms with Gasteiger partial charge in [0.15, 0.2) is 0 Å². The first-order chi connectivity index (χ1) is 11.8. The zero-order valence-electron chi connectivity index (χ0n) is 13.7. The maximum Gasteiger partial charge on any atom is 0.253 e. The SMILES string of the molecule is O=C(NC1CCCC1)c1cn(Cc2ccccc2)c2ccccc12. The topological polar surface area (TPSA) is 34.0 Å². The van der Waals surface area contributed by atoms with Crippen LogP contribution in [0.3, 0.4) is 0 Å². The van der Waals surface area contributed by atoms with E-state index < -0.39 is 0 Å². The Morgan fingerprint density at radius 3 is 2.50 bits per heavy atom. The van der Waals surface area contributed by atoms with E-state index in [2.05, 4.69) is 40.2 Å².